The van der Waals surface area contributed by atoms with Gasteiger partial charge < -0.3 is 10.4 Å². The molecule has 1 aliphatic rings. The number of nitrogens with one attached hydrogen (secondary N) is 1. The predicted octanol–water partition coefficient (Wildman–Crippen LogP) is 0.837. The van der Waals surface area contributed by atoms with E-state index >= 15 is 0 Å². The average Bonchev–Trinajstić information content (AvgIpc) is 2.66. The van der Waals surface area contributed by atoms with Crippen LogP contribution in [0, 0.1) is 0 Å². The molecule has 0 spiro atoms. The number of carbonyl (C=O) groups is 2. The van der Waals surface area contributed by atoms with Crippen LogP contribution in [0.25, 0.3) is 0 Å². The second-order valence-electron chi connectivity index (χ2n) is 4.73. The van der Waals surface area contributed by atoms with Crippen molar-refractivity contribution < 1.29 is 23.1 Å². The molecular formula is C13H15NO5S2. The lowest BCUT2D eigenvalue weighted by atomic mass is 10.2. The quantitative estimate of drug-likeness (QED) is 0.830. The molecule has 2 N–H and O–H groups in total. The number of aliphatic carboxylic acids is 1. The molecule has 0 aliphatic carbocycles. The van der Waals surface area contributed by atoms with E-state index in [2.05, 4.69) is 5.32 Å². The summed E-state index contributed by atoms with van der Waals surface area (Å²) in [5.74, 6) is -1.48. The van der Waals surface area contributed by atoms with Crippen molar-refractivity contribution in [1.82, 2.24) is 5.32 Å². The Morgan fingerprint density at radius 1 is 1.43 bits per heavy atom. The zero-order chi connectivity index (χ0) is 15.6. The third-order valence-corrected chi connectivity index (χ3v) is 6.49. The van der Waals surface area contributed by atoms with Gasteiger partial charge in [-0.2, -0.15) is 0 Å². The Morgan fingerprint density at radius 2 is 2.10 bits per heavy atom. The second kappa shape index (κ2) is 6.07. The van der Waals surface area contributed by atoms with Gasteiger partial charge in [0.25, 0.3) is 0 Å². The monoisotopic (exact) mass is 329 g/mol. The van der Waals surface area contributed by atoms with Gasteiger partial charge in [0.2, 0.25) is 5.91 Å². The highest BCUT2D eigenvalue weighted by atomic mass is 32.2. The van der Waals surface area contributed by atoms with Crippen molar-refractivity contribution in [3.8, 4) is 0 Å². The smallest absolute Gasteiger partial charge is 0.327 e. The molecule has 0 bridgehead atoms. The summed E-state index contributed by atoms with van der Waals surface area (Å²) in [5, 5.41) is 11.1. The lowest BCUT2D eigenvalue weighted by Crippen LogP contribution is -2.41. The molecule has 6 nitrogen and oxygen atoms in total. The number of carbonyl (C=O) groups excluding carboxylic acids is 1. The molecule has 114 valence electrons. The molecule has 1 aliphatic heterocycles. The van der Waals surface area contributed by atoms with Crippen LogP contribution in [-0.2, 0) is 19.4 Å². The van der Waals surface area contributed by atoms with E-state index in [0.717, 1.165) is 0 Å². The lowest BCUT2D eigenvalue weighted by Gasteiger charge is -2.15. The van der Waals surface area contributed by atoms with Crippen LogP contribution in [0.5, 0.6) is 0 Å². The van der Waals surface area contributed by atoms with E-state index in [-0.39, 0.29) is 16.8 Å². The molecule has 0 fully saturated rings. The molecule has 1 aromatic carbocycles. The first-order chi connectivity index (χ1) is 9.81. The van der Waals surface area contributed by atoms with E-state index in [4.69, 9.17) is 5.11 Å². The molecule has 1 amide bonds. The van der Waals surface area contributed by atoms with Gasteiger partial charge in [0.05, 0.1) is 10.6 Å². The highest BCUT2D eigenvalue weighted by Gasteiger charge is 2.35. The molecular weight excluding hydrogens is 314 g/mol. The van der Waals surface area contributed by atoms with E-state index in [1.165, 1.54) is 18.7 Å². The fraction of sp³-hybridized carbons (Fsp3) is 0.385. The van der Waals surface area contributed by atoms with E-state index in [1.54, 1.807) is 24.3 Å². The number of hydrogen-bond acceptors (Lipinski definition) is 5. The number of rotatable bonds is 5. The van der Waals surface area contributed by atoms with E-state index in [1.807, 2.05) is 0 Å². The molecule has 0 saturated carbocycles. The molecule has 21 heavy (non-hydrogen) atoms. The molecule has 2 rings (SSSR count). The van der Waals surface area contributed by atoms with Gasteiger partial charge in [-0.25, -0.2) is 13.2 Å². The minimum Gasteiger partial charge on any atom is -0.480 e. The van der Waals surface area contributed by atoms with Gasteiger partial charge in [0.1, 0.15) is 6.04 Å². The standard InChI is InChI=1S/C13H15NO5S2/c1-8(15)14-10(13(16)17)6-20-11-7-21(18,19)12-5-3-2-4-9(11)12/h2-5,10-11H,6-7H2,1H3,(H,14,15)(H,16,17)/t10-,11?/m0/s1. The zero-order valence-electron chi connectivity index (χ0n) is 11.3. The summed E-state index contributed by atoms with van der Waals surface area (Å²) in [6.07, 6.45) is 0. The lowest BCUT2D eigenvalue weighted by molar-refractivity contribution is -0.140. The zero-order valence-corrected chi connectivity index (χ0v) is 12.9. The molecule has 1 aromatic rings. The number of thioether (sulfide) groups is 1. The summed E-state index contributed by atoms with van der Waals surface area (Å²) in [4.78, 5) is 22.4. The van der Waals surface area contributed by atoms with Crippen LogP contribution in [-0.4, -0.2) is 42.9 Å². The fourth-order valence-corrected chi connectivity index (χ4v) is 5.82. The Bertz CT molecular complexity index is 671. The number of sulfone groups is 1. The molecule has 1 heterocycles. The third kappa shape index (κ3) is 3.56. The molecule has 8 heteroatoms. The Hall–Kier alpha value is -1.54. The van der Waals surface area contributed by atoms with Gasteiger partial charge >= 0.3 is 5.97 Å². The highest BCUT2D eigenvalue weighted by molar-refractivity contribution is 8.01. The van der Waals surface area contributed by atoms with Crippen LogP contribution in [0.15, 0.2) is 29.2 Å². The Labute approximate surface area is 126 Å². The first-order valence-corrected chi connectivity index (χ1v) is 8.94. The molecule has 0 aromatic heterocycles. The number of amides is 1. The van der Waals surface area contributed by atoms with Gasteiger partial charge in [-0.3, -0.25) is 4.79 Å². The molecule has 1 unspecified atom stereocenters. The number of hydrogen-bond donors (Lipinski definition) is 2. The van der Waals surface area contributed by atoms with E-state index < -0.39 is 27.8 Å². The minimum atomic E-state index is -3.30. The van der Waals surface area contributed by atoms with Crippen molar-refractivity contribution in [2.75, 3.05) is 11.5 Å². The largest absolute Gasteiger partial charge is 0.480 e. The van der Waals surface area contributed by atoms with Crippen LogP contribution in [0.2, 0.25) is 0 Å². The number of carboxylic acid groups (broad SMARTS) is 1. The number of carboxylic acids is 1. The van der Waals surface area contributed by atoms with Crippen LogP contribution >= 0.6 is 11.8 Å². The number of benzene rings is 1. The van der Waals surface area contributed by atoms with Crippen molar-refractivity contribution in [3.05, 3.63) is 29.8 Å². The van der Waals surface area contributed by atoms with Gasteiger partial charge in [0.15, 0.2) is 9.84 Å². The van der Waals surface area contributed by atoms with E-state index in [9.17, 15) is 18.0 Å². The minimum absolute atomic E-state index is 0.0383. The maximum absolute atomic E-state index is 12.0. The Balaban J connectivity index is 2.11. The van der Waals surface area contributed by atoms with Gasteiger partial charge in [-0.1, -0.05) is 18.2 Å². The Morgan fingerprint density at radius 3 is 2.71 bits per heavy atom. The van der Waals surface area contributed by atoms with Crippen molar-refractivity contribution >= 4 is 33.5 Å². The summed E-state index contributed by atoms with van der Waals surface area (Å²) in [5.41, 5.74) is 0.703. The topological polar surface area (TPSA) is 101 Å². The summed E-state index contributed by atoms with van der Waals surface area (Å²) in [6.45, 7) is 1.25. The summed E-state index contributed by atoms with van der Waals surface area (Å²) < 4.78 is 24.0. The summed E-state index contributed by atoms with van der Waals surface area (Å²) in [7, 11) is -3.30. The maximum atomic E-state index is 12.0. The molecule has 2 atom stereocenters. The Kier molecular flexibility index (Phi) is 4.58. The predicted molar refractivity (Wildman–Crippen MR) is 78.9 cm³/mol. The maximum Gasteiger partial charge on any atom is 0.327 e. The SMILES string of the molecule is CC(=O)N[C@@H](CSC1CS(=O)(=O)c2ccccc21)C(=O)O. The first kappa shape index (κ1) is 15.8. The van der Waals surface area contributed by atoms with Crippen LogP contribution in [0.3, 0.4) is 0 Å². The van der Waals surface area contributed by atoms with Crippen LogP contribution in [0.4, 0.5) is 0 Å². The van der Waals surface area contributed by atoms with Gasteiger partial charge in [-0.05, 0) is 11.6 Å². The number of fused-ring (bicyclic) bond motifs is 1. The summed E-state index contributed by atoms with van der Waals surface area (Å²) >= 11 is 1.23. The van der Waals surface area contributed by atoms with Gasteiger partial charge in [0, 0.05) is 17.9 Å². The van der Waals surface area contributed by atoms with Crippen molar-refractivity contribution in [2.24, 2.45) is 0 Å². The second-order valence-corrected chi connectivity index (χ2v) is 7.97. The van der Waals surface area contributed by atoms with E-state index in [0.29, 0.717) is 10.5 Å². The molecule has 0 radical (unpaired) electrons. The van der Waals surface area contributed by atoms with Crippen molar-refractivity contribution in [2.45, 2.75) is 23.1 Å². The molecule has 0 saturated heterocycles. The van der Waals surface area contributed by atoms with Gasteiger partial charge in [-0.15, -0.1) is 11.8 Å². The highest BCUT2D eigenvalue weighted by Crippen LogP contribution is 2.41. The summed E-state index contributed by atoms with van der Waals surface area (Å²) in [6, 6.07) is 5.71. The third-order valence-electron chi connectivity index (χ3n) is 3.11. The fourth-order valence-electron chi connectivity index (χ4n) is 2.18. The first-order valence-electron chi connectivity index (χ1n) is 6.24. The van der Waals surface area contributed by atoms with Crippen molar-refractivity contribution in [1.29, 1.82) is 0 Å². The van der Waals surface area contributed by atoms with Crippen LogP contribution in [0.1, 0.15) is 17.7 Å². The van der Waals surface area contributed by atoms with Crippen molar-refractivity contribution in [3.63, 3.8) is 0 Å². The van der Waals surface area contributed by atoms with Crippen LogP contribution < -0.4 is 5.32 Å². The normalized spacial score (nSPS) is 20.5. The average molecular weight is 329 g/mol.